The first kappa shape index (κ1) is 15.5. The summed E-state index contributed by atoms with van der Waals surface area (Å²) in [5.74, 6) is -0.0175. The molecule has 1 aliphatic rings. The van der Waals surface area contributed by atoms with Gasteiger partial charge in [-0.3, -0.25) is 14.6 Å². The number of hydrogen-bond acceptors (Lipinski definition) is 3. The molecule has 0 saturated carbocycles. The predicted molar refractivity (Wildman–Crippen MR) is 80.4 cm³/mol. The van der Waals surface area contributed by atoms with Gasteiger partial charge in [-0.25, -0.2) is 0 Å². The number of amides is 2. The van der Waals surface area contributed by atoms with Gasteiger partial charge in [0.25, 0.3) is 0 Å². The van der Waals surface area contributed by atoms with Crippen molar-refractivity contribution in [2.24, 2.45) is 0 Å². The Morgan fingerprint density at radius 2 is 1.76 bits per heavy atom. The van der Waals surface area contributed by atoms with Gasteiger partial charge in [-0.15, -0.1) is 0 Å². The zero-order chi connectivity index (χ0) is 15.1. The van der Waals surface area contributed by atoms with Gasteiger partial charge in [-0.1, -0.05) is 12.8 Å². The number of carbonyl (C=O) groups is 2. The molecule has 2 heterocycles. The van der Waals surface area contributed by atoms with Crippen molar-refractivity contribution in [3.8, 4) is 0 Å². The molecule has 1 aromatic heterocycles. The molecule has 0 N–H and O–H groups in total. The first-order chi connectivity index (χ1) is 10.2. The SMILES string of the molecule is CC(=O)N(CC(=O)N1CCCCCC1)Cc1ccncc1. The molecule has 5 nitrogen and oxygen atoms in total. The Morgan fingerprint density at radius 3 is 2.33 bits per heavy atom. The largest absolute Gasteiger partial charge is 0.341 e. The van der Waals surface area contributed by atoms with Crippen LogP contribution in [0, 0.1) is 0 Å². The van der Waals surface area contributed by atoms with Crippen molar-refractivity contribution in [1.82, 2.24) is 14.8 Å². The van der Waals surface area contributed by atoms with Gasteiger partial charge in [0.2, 0.25) is 11.8 Å². The summed E-state index contributed by atoms with van der Waals surface area (Å²) in [6, 6.07) is 3.73. The van der Waals surface area contributed by atoms with Crippen LogP contribution in [0.2, 0.25) is 0 Å². The highest BCUT2D eigenvalue weighted by atomic mass is 16.2. The highest BCUT2D eigenvalue weighted by Gasteiger charge is 2.20. The molecule has 5 heteroatoms. The molecule has 2 amide bonds. The Hall–Kier alpha value is -1.91. The van der Waals surface area contributed by atoms with Crippen molar-refractivity contribution in [3.63, 3.8) is 0 Å². The lowest BCUT2D eigenvalue weighted by Crippen LogP contribution is -2.42. The Labute approximate surface area is 126 Å². The molecule has 114 valence electrons. The van der Waals surface area contributed by atoms with E-state index in [4.69, 9.17) is 0 Å². The van der Waals surface area contributed by atoms with Gasteiger partial charge in [0, 0.05) is 39.0 Å². The second-order valence-electron chi connectivity index (χ2n) is 5.53. The van der Waals surface area contributed by atoms with E-state index in [1.165, 1.54) is 19.8 Å². The summed E-state index contributed by atoms with van der Waals surface area (Å²) >= 11 is 0. The van der Waals surface area contributed by atoms with Crippen LogP contribution < -0.4 is 0 Å². The fourth-order valence-electron chi connectivity index (χ4n) is 2.57. The van der Waals surface area contributed by atoms with Gasteiger partial charge in [0.15, 0.2) is 0 Å². The van der Waals surface area contributed by atoms with Crippen molar-refractivity contribution in [1.29, 1.82) is 0 Å². The summed E-state index contributed by atoms with van der Waals surface area (Å²) in [5.41, 5.74) is 0.990. The zero-order valence-corrected chi connectivity index (χ0v) is 12.6. The van der Waals surface area contributed by atoms with Gasteiger partial charge in [0.05, 0.1) is 0 Å². The van der Waals surface area contributed by atoms with E-state index in [2.05, 4.69) is 4.98 Å². The summed E-state index contributed by atoms with van der Waals surface area (Å²) in [7, 11) is 0. The minimum Gasteiger partial charge on any atom is -0.341 e. The van der Waals surface area contributed by atoms with E-state index in [0.717, 1.165) is 31.5 Å². The topological polar surface area (TPSA) is 53.5 Å². The van der Waals surface area contributed by atoms with Crippen LogP contribution in [0.1, 0.15) is 38.2 Å². The highest BCUT2D eigenvalue weighted by molar-refractivity contribution is 5.83. The average molecular weight is 289 g/mol. The van der Waals surface area contributed by atoms with E-state index in [1.54, 1.807) is 17.3 Å². The smallest absolute Gasteiger partial charge is 0.242 e. The van der Waals surface area contributed by atoms with Crippen molar-refractivity contribution >= 4 is 11.8 Å². The molecular formula is C16H23N3O2. The fraction of sp³-hybridized carbons (Fsp3) is 0.562. The van der Waals surface area contributed by atoms with Gasteiger partial charge < -0.3 is 9.80 Å². The van der Waals surface area contributed by atoms with Crippen LogP contribution >= 0.6 is 0 Å². The molecule has 0 atom stereocenters. The molecule has 0 aromatic carbocycles. The van der Waals surface area contributed by atoms with Crippen LogP contribution in [0.15, 0.2) is 24.5 Å². The van der Waals surface area contributed by atoms with E-state index in [0.29, 0.717) is 6.54 Å². The molecule has 0 aliphatic carbocycles. The summed E-state index contributed by atoms with van der Waals surface area (Å²) in [4.78, 5) is 31.6. The van der Waals surface area contributed by atoms with Crippen molar-refractivity contribution in [3.05, 3.63) is 30.1 Å². The second kappa shape index (κ2) is 7.76. The first-order valence-electron chi connectivity index (χ1n) is 7.59. The number of pyridine rings is 1. The van der Waals surface area contributed by atoms with E-state index < -0.39 is 0 Å². The number of aromatic nitrogens is 1. The van der Waals surface area contributed by atoms with Crippen LogP contribution in [0.3, 0.4) is 0 Å². The summed E-state index contributed by atoms with van der Waals surface area (Å²) in [5, 5.41) is 0. The van der Waals surface area contributed by atoms with Gasteiger partial charge in [0.1, 0.15) is 6.54 Å². The molecule has 0 unspecified atom stereocenters. The quantitative estimate of drug-likeness (QED) is 0.850. The molecule has 21 heavy (non-hydrogen) atoms. The Kier molecular flexibility index (Phi) is 5.72. The zero-order valence-electron chi connectivity index (χ0n) is 12.6. The fourth-order valence-corrected chi connectivity index (χ4v) is 2.57. The maximum absolute atomic E-state index is 12.4. The lowest BCUT2D eigenvalue weighted by molar-refractivity contribution is -0.139. The van der Waals surface area contributed by atoms with Crippen molar-refractivity contribution in [2.75, 3.05) is 19.6 Å². The first-order valence-corrected chi connectivity index (χ1v) is 7.59. The monoisotopic (exact) mass is 289 g/mol. The van der Waals surface area contributed by atoms with E-state index in [9.17, 15) is 9.59 Å². The molecule has 1 fully saturated rings. The second-order valence-corrected chi connectivity index (χ2v) is 5.53. The van der Waals surface area contributed by atoms with Gasteiger partial charge >= 0.3 is 0 Å². The molecule has 0 spiro atoms. The Bertz CT molecular complexity index is 468. The minimum atomic E-state index is -0.0741. The number of rotatable bonds is 4. The lowest BCUT2D eigenvalue weighted by atomic mass is 10.2. The predicted octanol–water partition coefficient (Wildman–Crippen LogP) is 1.83. The minimum absolute atomic E-state index is 0.0566. The number of nitrogens with zero attached hydrogens (tertiary/aromatic N) is 3. The third kappa shape index (κ3) is 4.85. The van der Waals surface area contributed by atoms with Crippen LogP contribution in [0.4, 0.5) is 0 Å². The van der Waals surface area contributed by atoms with E-state index >= 15 is 0 Å². The van der Waals surface area contributed by atoms with Crippen LogP contribution in [0.25, 0.3) is 0 Å². The van der Waals surface area contributed by atoms with Crippen LogP contribution in [-0.4, -0.2) is 46.2 Å². The van der Waals surface area contributed by atoms with Crippen LogP contribution in [0.5, 0.6) is 0 Å². The standard InChI is InChI=1S/C16H23N3O2/c1-14(20)19(12-15-6-8-17-9-7-15)13-16(21)18-10-4-2-3-5-11-18/h6-9H,2-5,10-13H2,1H3. The molecule has 0 radical (unpaired) electrons. The number of likely N-dealkylation sites (tertiary alicyclic amines) is 1. The molecule has 2 rings (SSSR count). The molecule has 1 aromatic rings. The molecule has 1 saturated heterocycles. The average Bonchev–Trinajstić information content (AvgIpc) is 2.76. The molecule has 0 bridgehead atoms. The number of hydrogen-bond donors (Lipinski definition) is 0. The third-order valence-corrected chi connectivity index (χ3v) is 3.85. The van der Waals surface area contributed by atoms with E-state index in [1.807, 2.05) is 17.0 Å². The lowest BCUT2D eigenvalue weighted by Gasteiger charge is -2.26. The molecule has 1 aliphatic heterocycles. The van der Waals surface area contributed by atoms with Gasteiger partial charge in [-0.2, -0.15) is 0 Å². The summed E-state index contributed by atoms with van der Waals surface area (Å²) in [6.07, 6.45) is 7.91. The Morgan fingerprint density at radius 1 is 1.14 bits per heavy atom. The third-order valence-electron chi connectivity index (χ3n) is 3.85. The van der Waals surface area contributed by atoms with E-state index in [-0.39, 0.29) is 18.4 Å². The normalized spacial score (nSPS) is 15.4. The maximum Gasteiger partial charge on any atom is 0.242 e. The van der Waals surface area contributed by atoms with Crippen molar-refractivity contribution in [2.45, 2.75) is 39.2 Å². The Balaban J connectivity index is 1.95. The summed E-state index contributed by atoms with van der Waals surface area (Å²) in [6.45, 7) is 3.77. The number of carbonyl (C=O) groups excluding carboxylic acids is 2. The van der Waals surface area contributed by atoms with Gasteiger partial charge in [-0.05, 0) is 30.5 Å². The highest BCUT2D eigenvalue weighted by Crippen LogP contribution is 2.11. The van der Waals surface area contributed by atoms with Crippen molar-refractivity contribution < 1.29 is 9.59 Å². The maximum atomic E-state index is 12.4. The van der Waals surface area contributed by atoms with Crippen LogP contribution in [-0.2, 0) is 16.1 Å². The summed E-state index contributed by atoms with van der Waals surface area (Å²) < 4.78 is 0. The molecular weight excluding hydrogens is 266 g/mol.